The normalized spacial score (nSPS) is 20.7. The molecule has 1 fully saturated rings. The van der Waals surface area contributed by atoms with Crippen LogP contribution in [0, 0.1) is 5.92 Å². The fourth-order valence-electron chi connectivity index (χ4n) is 2.62. The van der Waals surface area contributed by atoms with Crippen molar-refractivity contribution in [3.63, 3.8) is 0 Å². The minimum absolute atomic E-state index is 0.0306. The number of rotatable bonds is 5. The number of ether oxygens (including phenoxy) is 1. The van der Waals surface area contributed by atoms with E-state index in [4.69, 9.17) is 15.6 Å². The van der Waals surface area contributed by atoms with E-state index in [2.05, 4.69) is 0 Å². The molecule has 0 saturated heterocycles. The topological polar surface area (TPSA) is 96.0 Å². The number of amides is 1. The molecule has 0 radical (unpaired) electrons. The van der Waals surface area contributed by atoms with Crippen LogP contribution in [0.3, 0.4) is 0 Å². The number of fused-ring (bicyclic) bond motifs is 1. The highest BCUT2D eigenvalue weighted by Crippen LogP contribution is 2.42. The lowest BCUT2D eigenvalue weighted by molar-refractivity contribution is -0.121. The van der Waals surface area contributed by atoms with Crippen LogP contribution in [0.5, 0.6) is 5.75 Å². The summed E-state index contributed by atoms with van der Waals surface area (Å²) in [6.07, 6.45) is 1.31. The van der Waals surface area contributed by atoms with Gasteiger partial charge >= 0.3 is 0 Å². The second kappa shape index (κ2) is 5.63. The quantitative estimate of drug-likeness (QED) is 0.719. The molecule has 1 aliphatic heterocycles. The number of aliphatic hydroxyl groups is 2. The predicted molar refractivity (Wildman–Crippen MR) is 77.0 cm³/mol. The molecular weight excluding hydrogens is 272 g/mol. The first kappa shape index (κ1) is 14.3. The molecule has 3 rings (SSSR count). The highest BCUT2D eigenvalue weighted by molar-refractivity contribution is 5.98. The van der Waals surface area contributed by atoms with Gasteiger partial charge in [0.1, 0.15) is 5.75 Å². The molecule has 1 aromatic rings. The third kappa shape index (κ3) is 2.88. The Balaban J connectivity index is 1.90. The SMILES string of the molecule is NC(c1ccc2c(c1)N(CC(O)CO)C(=O)CO2)C1CC1. The van der Waals surface area contributed by atoms with Gasteiger partial charge in [0.2, 0.25) is 0 Å². The average Bonchev–Trinajstić information content (AvgIpc) is 3.33. The van der Waals surface area contributed by atoms with Gasteiger partial charge in [-0.15, -0.1) is 0 Å². The number of aliphatic hydroxyl groups excluding tert-OH is 2. The summed E-state index contributed by atoms with van der Waals surface area (Å²) in [6.45, 7) is -0.395. The zero-order chi connectivity index (χ0) is 15.0. The van der Waals surface area contributed by atoms with Gasteiger partial charge in [-0.25, -0.2) is 0 Å². The monoisotopic (exact) mass is 292 g/mol. The van der Waals surface area contributed by atoms with E-state index in [0.717, 1.165) is 18.4 Å². The van der Waals surface area contributed by atoms with E-state index in [1.54, 1.807) is 0 Å². The third-order valence-corrected chi connectivity index (χ3v) is 4.04. The van der Waals surface area contributed by atoms with E-state index >= 15 is 0 Å². The third-order valence-electron chi connectivity index (χ3n) is 4.04. The lowest BCUT2D eigenvalue weighted by Gasteiger charge is -2.31. The van der Waals surface area contributed by atoms with E-state index in [1.165, 1.54) is 4.90 Å². The largest absolute Gasteiger partial charge is 0.482 e. The van der Waals surface area contributed by atoms with Crippen LogP contribution in [0.25, 0.3) is 0 Å². The van der Waals surface area contributed by atoms with Crippen LogP contribution in [0.15, 0.2) is 18.2 Å². The van der Waals surface area contributed by atoms with E-state index in [-0.39, 0.29) is 31.7 Å². The van der Waals surface area contributed by atoms with Gasteiger partial charge in [0.25, 0.3) is 5.91 Å². The number of hydrogen-bond donors (Lipinski definition) is 3. The summed E-state index contributed by atoms with van der Waals surface area (Å²) in [7, 11) is 0. The van der Waals surface area contributed by atoms with Crippen molar-refractivity contribution in [2.75, 3.05) is 24.7 Å². The Morgan fingerprint density at radius 2 is 2.19 bits per heavy atom. The lowest BCUT2D eigenvalue weighted by Crippen LogP contribution is -2.44. The van der Waals surface area contributed by atoms with Gasteiger partial charge in [0.15, 0.2) is 6.61 Å². The molecular formula is C15H20N2O4. The molecule has 2 aliphatic rings. The van der Waals surface area contributed by atoms with Gasteiger partial charge in [0, 0.05) is 6.04 Å². The molecule has 6 nitrogen and oxygen atoms in total. The van der Waals surface area contributed by atoms with E-state index < -0.39 is 6.10 Å². The summed E-state index contributed by atoms with van der Waals surface area (Å²) in [6, 6.07) is 5.58. The number of carbonyl (C=O) groups excluding carboxylic acids is 1. The number of hydrogen-bond acceptors (Lipinski definition) is 5. The maximum absolute atomic E-state index is 12.0. The first-order valence-corrected chi connectivity index (χ1v) is 7.21. The first-order valence-electron chi connectivity index (χ1n) is 7.21. The number of nitrogens with two attached hydrogens (primary N) is 1. The van der Waals surface area contributed by atoms with Gasteiger partial charge < -0.3 is 25.6 Å². The summed E-state index contributed by atoms with van der Waals surface area (Å²) in [5.74, 6) is 0.887. The number of nitrogens with zero attached hydrogens (tertiary/aromatic N) is 1. The summed E-state index contributed by atoms with van der Waals surface area (Å²) in [4.78, 5) is 13.5. The zero-order valence-corrected chi connectivity index (χ0v) is 11.7. The molecule has 21 heavy (non-hydrogen) atoms. The van der Waals surface area contributed by atoms with Crippen molar-refractivity contribution < 1.29 is 19.7 Å². The Hall–Kier alpha value is -1.63. The maximum Gasteiger partial charge on any atom is 0.265 e. The van der Waals surface area contributed by atoms with Crippen LogP contribution in [-0.2, 0) is 4.79 Å². The summed E-state index contributed by atoms with van der Waals surface area (Å²) < 4.78 is 5.42. The van der Waals surface area contributed by atoms with Crippen molar-refractivity contribution in [1.82, 2.24) is 0 Å². The summed E-state index contributed by atoms with van der Waals surface area (Å²) in [5, 5.41) is 18.6. The smallest absolute Gasteiger partial charge is 0.265 e. The first-order chi connectivity index (χ1) is 10.1. The van der Waals surface area contributed by atoms with Crippen molar-refractivity contribution >= 4 is 11.6 Å². The van der Waals surface area contributed by atoms with Gasteiger partial charge in [0.05, 0.1) is 24.9 Å². The van der Waals surface area contributed by atoms with Crippen LogP contribution < -0.4 is 15.4 Å². The van der Waals surface area contributed by atoms with Crippen LogP contribution >= 0.6 is 0 Å². The number of β-amino-alcohol motifs (C(OH)–C–C–N with tert-alkyl or cyclic N) is 1. The van der Waals surface area contributed by atoms with E-state index in [0.29, 0.717) is 17.4 Å². The molecule has 6 heteroatoms. The molecule has 1 aromatic carbocycles. The van der Waals surface area contributed by atoms with E-state index in [1.807, 2.05) is 18.2 Å². The van der Waals surface area contributed by atoms with Crippen LogP contribution in [0.1, 0.15) is 24.4 Å². The Kier molecular flexibility index (Phi) is 3.84. The number of benzene rings is 1. The van der Waals surface area contributed by atoms with E-state index in [9.17, 15) is 9.90 Å². The molecule has 1 aliphatic carbocycles. The molecule has 0 aromatic heterocycles. The highest BCUT2D eigenvalue weighted by Gasteiger charge is 2.32. The average molecular weight is 292 g/mol. The van der Waals surface area contributed by atoms with Gasteiger partial charge in [-0.1, -0.05) is 6.07 Å². The van der Waals surface area contributed by atoms with Crippen molar-refractivity contribution in [3.8, 4) is 5.75 Å². The Morgan fingerprint density at radius 3 is 2.86 bits per heavy atom. The zero-order valence-electron chi connectivity index (χ0n) is 11.7. The standard InChI is InChI=1S/C15H20N2O4/c16-15(9-1-2-9)10-3-4-13-12(5-10)17(6-11(19)7-18)14(20)8-21-13/h3-5,9,11,15,18-19H,1-2,6-8,16H2. The molecule has 114 valence electrons. The fourth-order valence-corrected chi connectivity index (χ4v) is 2.62. The van der Waals surface area contributed by atoms with Crippen molar-refractivity contribution in [3.05, 3.63) is 23.8 Å². The van der Waals surface area contributed by atoms with Crippen LogP contribution in [0.2, 0.25) is 0 Å². The van der Waals surface area contributed by atoms with Crippen LogP contribution in [-0.4, -0.2) is 42.0 Å². The summed E-state index contributed by atoms with van der Waals surface area (Å²) >= 11 is 0. The Bertz CT molecular complexity index is 544. The Labute approximate surface area is 123 Å². The summed E-state index contributed by atoms with van der Waals surface area (Å²) in [5.41, 5.74) is 7.80. The maximum atomic E-state index is 12.0. The minimum Gasteiger partial charge on any atom is -0.482 e. The number of anilines is 1. The molecule has 0 bridgehead atoms. The minimum atomic E-state index is -0.972. The molecule has 0 spiro atoms. The molecule has 1 amide bonds. The van der Waals surface area contributed by atoms with Crippen molar-refractivity contribution in [2.24, 2.45) is 11.7 Å². The molecule has 2 atom stereocenters. The second-order valence-electron chi connectivity index (χ2n) is 5.72. The van der Waals surface area contributed by atoms with Crippen molar-refractivity contribution in [2.45, 2.75) is 25.0 Å². The van der Waals surface area contributed by atoms with Gasteiger partial charge in [-0.2, -0.15) is 0 Å². The predicted octanol–water partition coefficient (Wildman–Crippen LogP) is 0.175. The van der Waals surface area contributed by atoms with Crippen molar-refractivity contribution in [1.29, 1.82) is 0 Å². The molecule has 1 heterocycles. The van der Waals surface area contributed by atoms with Gasteiger partial charge in [-0.3, -0.25) is 4.79 Å². The molecule has 1 saturated carbocycles. The molecule has 2 unspecified atom stereocenters. The second-order valence-corrected chi connectivity index (χ2v) is 5.72. The molecule has 4 N–H and O–H groups in total. The fraction of sp³-hybridized carbons (Fsp3) is 0.533. The Morgan fingerprint density at radius 1 is 1.43 bits per heavy atom. The van der Waals surface area contributed by atoms with Crippen LogP contribution in [0.4, 0.5) is 5.69 Å². The van der Waals surface area contributed by atoms with Gasteiger partial charge in [-0.05, 0) is 36.5 Å². The lowest BCUT2D eigenvalue weighted by atomic mass is 10.0. The highest BCUT2D eigenvalue weighted by atomic mass is 16.5. The number of carbonyl (C=O) groups is 1.